The molecular weight excluding hydrogens is 214 g/mol. The number of hydrogen-bond donors (Lipinski definition) is 1. The summed E-state index contributed by atoms with van der Waals surface area (Å²) in [7, 11) is 3.37. The molecule has 1 aromatic rings. The topological polar surface area (TPSA) is 44.5 Å². The third kappa shape index (κ3) is 3.63. The Morgan fingerprint density at radius 2 is 1.94 bits per heavy atom. The molecule has 0 aliphatic carbocycles. The summed E-state index contributed by atoms with van der Waals surface area (Å²) in [5.74, 6) is 2.29. The van der Waals surface area contributed by atoms with Gasteiger partial charge in [0.15, 0.2) is 0 Å². The smallest absolute Gasteiger partial charge is 0.126 e. The second kappa shape index (κ2) is 6.50. The first-order valence-electron chi connectivity index (χ1n) is 6.04. The molecule has 3 nitrogen and oxygen atoms in total. The summed E-state index contributed by atoms with van der Waals surface area (Å²) in [5, 5.41) is 0. The van der Waals surface area contributed by atoms with Gasteiger partial charge >= 0.3 is 0 Å². The summed E-state index contributed by atoms with van der Waals surface area (Å²) >= 11 is 0. The van der Waals surface area contributed by atoms with E-state index in [2.05, 4.69) is 13.8 Å². The van der Waals surface area contributed by atoms with Gasteiger partial charge in [-0.05, 0) is 49.4 Å². The normalized spacial score (nSPS) is 12.3. The van der Waals surface area contributed by atoms with Crippen LogP contribution in [0.2, 0.25) is 0 Å². The molecule has 0 aliphatic heterocycles. The van der Waals surface area contributed by atoms with Crippen LogP contribution >= 0.6 is 0 Å². The zero-order valence-electron chi connectivity index (χ0n) is 11.2. The molecule has 0 spiro atoms. The second-order valence-electron chi connectivity index (χ2n) is 4.50. The van der Waals surface area contributed by atoms with Crippen LogP contribution in [0.15, 0.2) is 12.1 Å². The number of methoxy groups -OCH3 is 2. The number of aryl methyl sites for hydroxylation is 1. The van der Waals surface area contributed by atoms with Crippen molar-refractivity contribution in [3.8, 4) is 11.5 Å². The highest BCUT2D eigenvalue weighted by molar-refractivity contribution is 5.46. The molecule has 0 amide bonds. The summed E-state index contributed by atoms with van der Waals surface area (Å²) in [6.45, 7) is 5.00. The van der Waals surface area contributed by atoms with E-state index in [0.29, 0.717) is 5.92 Å². The zero-order chi connectivity index (χ0) is 12.8. The Morgan fingerprint density at radius 1 is 1.24 bits per heavy atom. The molecule has 1 atom stereocenters. The molecule has 96 valence electrons. The van der Waals surface area contributed by atoms with Crippen molar-refractivity contribution in [2.75, 3.05) is 20.8 Å². The summed E-state index contributed by atoms with van der Waals surface area (Å²) in [5.41, 5.74) is 8.11. The molecule has 0 aromatic heterocycles. The van der Waals surface area contributed by atoms with Gasteiger partial charge in [-0.3, -0.25) is 0 Å². The van der Waals surface area contributed by atoms with E-state index in [-0.39, 0.29) is 0 Å². The maximum absolute atomic E-state index is 5.64. The molecule has 0 heterocycles. The Kier molecular flexibility index (Phi) is 5.29. The molecule has 3 heteroatoms. The molecule has 0 bridgehead atoms. The molecule has 0 aliphatic rings. The van der Waals surface area contributed by atoms with Crippen LogP contribution in [0.4, 0.5) is 0 Å². The second-order valence-corrected chi connectivity index (χ2v) is 4.50. The largest absolute Gasteiger partial charge is 0.497 e. The van der Waals surface area contributed by atoms with Crippen LogP contribution < -0.4 is 15.2 Å². The standard InChI is InChI=1S/C14H23NO2/c1-10(9-15)5-6-13-11(2)7-12(16-3)8-14(13)17-4/h7-8,10H,5-6,9,15H2,1-4H3. The van der Waals surface area contributed by atoms with E-state index in [4.69, 9.17) is 15.2 Å². The quantitative estimate of drug-likeness (QED) is 0.827. The molecule has 0 saturated heterocycles. The number of rotatable bonds is 6. The van der Waals surface area contributed by atoms with E-state index in [0.717, 1.165) is 30.9 Å². The molecule has 17 heavy (non-hydrogen) atoms. The predicted molar refractivity (Wildman–Crippen MR) is 70.8 cm³/mol. The number of hydrogen-bond acceptors (Lipinski definition) is 3. The number of nitrogens with two attached hydrogens (primary N) is 1. The molecule has 1 aromatic carbocycles. The first-order chi connectivity index (χ1) is 8.12. The minimum Gasteiger partial charge on any atom is -0.497 e. The van der Waals surface area contributed by atoms with Crippen LogP contribution in [-0.2, 0) is 6.42 Å². The lowest BCUT2D eigenvalue weighted by Gasteiger charge is -2.15. The van der Waals surface area contributed by atoms with Gasteiger partial charge in [0, 0.05) is 6.07 Å². The number of ether oxygens (including phenoxy) is 2. The lowest BCUT2D eigenvalue weighted by atomic mass is 9.97. The lowest BCUT2D eigenvalue weighted by Crippen LogP contribution is -2.12. The van der Waals surface area contributed by atoms with Gasteiger partial charge < -0.3 is 15.2 Å². The van der Waals surface area contributed by atoms with Crippen LogP contribution in [-0.4, -0.2) is 20.8 Å². The van der Waals surface area contributed by atoms with Crippen LogP contribution in [0.5, 0.6) is 11.5 Å². The molecule has 0 saturated carbocycles. The summed E-state index contributed by atoms with van der Waals surface area (Å²) in [4.78, 5) is 0. The first kappa shape index (κ1) is 13.8. The van der Waals surface area contributed by atoms with Crippen molar-refractivity contribution in [1.82, 2.24) is 0 Å². The van der Waals surface area contributed by atoms with Crippen LogP contribution in [0.25, 0.3) is 0 Å². The lowest BCUT2D eigenvalue weighted by molar-refractivity contribution is 0.388. The third-order valence-corrected chi connectivity index (χ3v) is 3.15. The minimum atomic E-state index is 0.543. The zero-order valence-corrected chi connectivity index (χ0v) is 11.2. The van der Waals surface area contributed by atoms with E-state index >= 15 is 0 Å². The van der Waals surface area contributed by atoms with Gasteiger partial charge in [0.25, 0.3) is 0 Å². The molecule has 1 unspecified atom stereocenters. The monoisotopic (exact) mass is 237 g/mol. The van der Waals surface area contributed by atoms with Gasteiger partial charge in [0.1, 0.15) is 11.5 Å². The van der Waals surface area contributed by atoms with Gasteiger partial charge in [-0.15, -0.1) is 0 Å². The maximum atomic E-state index is 5.64. The van der Waals surface area contributed by atoms with Gasteiger partial charge in [0.05, 0.1) is 14.2 Å². The van der Waals surface area contributed by atoms with Crippen LogP contribution in [0, 0.1) is 12.8 Å². The van der Waals surface area contributed by atoms with E-state index in [1.165, 1.54) is 11.1 Å². The minimum absolute atomic E-state index is 0.543. The van der Waals surface area contributed by atoms with E-state index < -0.39 is 0 Å². The first-order valence-corrected chi connectivity index (χ1v) is 6.04. The van der Waals surface area contributed by atoms with Crippen LogP contribution in [0.3, 0.4) is 0 Å². The Bertz CT molecular complexity index is 363. The van der Waals surface area contributed by atoms with Crippen LogP contribution in [0.1, 0.15) is 24.5 Å². The Balaban J connectivity index is 2.89. The average Bonchev–Trinajstić information content (AvgIpc) is 2.35. The molecule has 1 rings (SSSR count). The van der Waals surface area contributed by atoms with Gasteiger partial charge in [0.2, 0.25) is 0 Å². The Labute approximate surface area is 104 Å². The predicted octanol–water partition coefficient (Wildman–Crippen LogP) is 2.54. The van der Waals surface area contributed by atoms with Crippen molar-refractivity contribution in [1.29, 1.82) is 0 Å². The van der Waals surface area contributed by atoms with Gasteiger partial charge in [-0.25, -0.2) is 0 Å². The van der Waals surface area contributed by atoms with Crippen molar-refractivity contribution in [2.24, 2.45) is 11.7 Å². The van der Waals surface area contributed by atoms with E-state index in [9.17, 15) is 0 Å². The highest BCUT2D eigenvalue weighted by Gasteiger charge is 2.10. The SMILES string of the molecule is COc1cc(C)c(CCC(C)CN)c(OC)c1. The van der Waals surface area contributed by atoms with Crippen molar-refractivity contribution in [3.63, 3.8) is 0 Å². The van der Waals surface area contributed by atoms with Crippen molar-refractivity contribution in [3.05, 3.63) is 23.3 Å². The molecular formula is C14H23NO2. The van der Waals surface area contributed by atoms with Gasteiger partial charge in [-0.2, -0.15) is 0 Å². The summed E-state index contributed by atoms with van der Waals surface area (Å²) in [6, 6.07) is 3.99. The molecule has 0 radical (unpaired) electrons. The molecule has 2 N–H and O–H groups in total. The van der Waals surface area contributed by atoms with Crippen molar-refractivity contribution in [2.45, 2.75) is 26.7 Å². The Hall–Kier alpha value is -1.22. The summed E-state index contributed by atoms with van der Waals surface area (Å²) in [6.07, 6.45) is 2.08. The molecule has 0 fully saturated rings. The van der Waals surface area contributed by atoms with Crippen molar-refractivity contribution >= 4 is 0 Å². The highest BCUT2D eigenvalue weighted by Crippen LogP contribution is 2.29. The fourth-order valence-electron chi connectivity index (χ4n) is 1.88. The third-order valence-electron chi connectivity index (χ3n) is 3.15. The van der Waals surface area contributed by atoms with Crippen molar-refractivity contribution < 1.29 is 9.47 Å². The van der Waals surface area contributed by atoms with E-state index in [1.54, 1.807) is 14.2 Å². The van der Waals surface area contributed by atoms with Gasteiger partial charge in [-0.1, -0.05) is 6.92 Å². The van der Waals surface area contributed by atoms with E-state index in [1.807, 2.05) is 12.1 Å². The highest BCUT2D eigenvalue weighted by atomic mass is 16.5. The fraction of sp³-hybridized carbons (Fsp3) is 0.571. The Morgan fingerprint density at radius 3 is 2.47 bits per heavy atom. The number of benzene rings is 1. The maximum Gasteiger partial charge on any atom is 0.126 e. The summed E-state index contributed by atoms with van der Waals surface area (Å²) < 4.78 is 10.7. The average molecular weight is 237 g/mol. The fourth-order valence-corrected chi connectivity index (χ4v) is 1.88.